The van der Waals surface area contributed by atoms with Crippen LogP contribution in [-0.4, -0.2) is 42.2 Å². The molecule has 1 saturated carbocycles. The topological polar surface area (TPSA) is 79.4 Å². The van der Waals surface area contributed by atoms with Crippen molar-refractivity contribution in [2.24, 2.45) is 0 Å². The van der Waals surface area contributed by atoms with Crippen LogP contribution in [0.2, 0.25) is 0 Å². The summed E-state index contributed by atoms with van der Waals surface area (Å²) in [5.41, 5.74) is 0. The minimum absolute atomic E-state index is 0.176. The van der Waals surface area contributed by atoms with Crippen molar-refractivity contribution < 1.29 is 13.2 Å². The van der Waals surface area contributed by atoms with Gasteiger partial charge in [-0.3, -0.25) is 9.78 Å². The Morgan fingerprint density at radius 1 is 1.24 bits per heavy atom. The van der Waals surface area contributed by atoms with Crippen molar-refractivity contribution in [3.8, 4) is 0 Å². The summed E-state index contributed by atoms with van der Waals surface area (Å²) in [5, 5.41) is 4.28. The summed E-state index contributed by atoms with van der Waals surface area (Å²) >= 11 is 3.41. The van der Waals surface area contributed by atoms with E-state index in [2.05, 4.69) is 26.2 Å². The molecule has 1 aromatic heterocycles. The van der Waals surface area contributed by atoms with E-state index in [1.54, 1.807) is 24.5 Å². The second kappa shape index (κ2) is 6.34. The highest BCUT2D eigenvalue weighted by atomic mass is 79.9. The molecule has 8 heteroatoms. The molecule has 1 aromatic carbocycles. The lowest BCUT2D eigenvalue weighted by Crippen LogP contribution is -2.46. The Morgan fingerprint density at radius 3 is 2.80 bits per heavy atom. The van der Waals surface area contributed by atoms with Gasteiger partial charge in [0.05, 0.1) is 4.90 Å². The van der Waals surface area contributed by atoms with E-state index in [4.69, 9.17) is 0 Å². The molecule has 6 nitrogen and oxygen atoms in total. The second-order valence-electron chi connectivity index (χ2n) is 6.53. The van der Waals surface area contributed by atoms with E-state index in [9.17, 15) is 13.2 Å². The molecule has 25 heavy (non-hydrogen) atoms. The first-order valence-electron chi connectivity index (χ1n) is 8.33. The number of amides is 1. The third-order valence-electron chi connectivity index (χ3n) is 4.72. The highest BCUT2D eigenvalue weighted by Crippen LogP contribution is 2.34. The molecule has 1 aliphatic heterocycles. The number of benzene rings is 1. The van der Waals surface area contributed by atoms with Crippen LogP contribution in [0.1, 0.15) is 25.7 Å². The van der Waals surface area contributed by atoms with Crippen LogP contribution >= 0.6 is 15.9 Å². The van der Waals surface area contributed by atoms with Crippen molar-refractivity contribution in [1.82, 2.24) is 14.6 Å². The van der Waals surface area contributed by atoms with Gasteiger partial charge in [-0.1, -0.05) is 12.1 Å². The zero-order chi connectivity index (χ0) is 17.6. The molecule has 132 valence electrons. The standard InChI is InChI=1S/C17H18BrN3O3S/c18-13-10-19-9-11-3-1-5-15(16(11)13)25(23,24)21-8-2-4-14(21)17(22)20-12-6-7-12/h1,3,5,9-10,12,14H,2,4,6-8H2,(H,20,22)/t14-/m1/s1. The average molecular weight is 424 g/mol. The molecule has 2 heterocycles. The van der Waals surface area contributed by atoms with E-state index in [0.717, 1.165) is 18.2 Å². The quantitative estimate of drug-likeness (QED) is 0.818. The fourth-order valence-corrected chi connectivity index (χ4v) is 5.90. The molecular formula is C17H18BrN3O3S. The van der Waals surface area contributed by atoms with E-state index in [-0.39, 0.29) is 16.8 Å². The van der Waals surface area contributed by atoms with Crippen LogP contribution in [0.4, 0.5) is 0 Å². The molecule has 0 unspecified atom stereocenters. The Hall–Kier alpha value is -1.51. The van der Waals surface area contributed by atoms with Gasteiger partial charge in [-0.15, -0.1) is 0 Å². The minimum Gasteiger partial charge on any atom is -0.352 e. The zero-order valence-corrected chi connectivity index (χ0v) is 15.9. The SMILES string of the molecule is O=C(NC1CC1)[C@H]1CCCN1S(=O)(=O)c1cccc2cncc(Br)c12. The number of nitrogens with one attached hydrogen (secondary N) is 1. The minimum atomic E-state index is -3.78. The highest BCUT2D eigenvalue weighted by molar-refractivity contribution is 9.10. The summed E-state index contributed by atoms with van der Waals surface area (Å²) in [6.45, 7) is 0.365. The van der Waals surface area contributed by atoms with Gasteiger partial charge >= 0.3 is 0 Å². The number of halogens is 1. The lowest BCUT2D eigenvalue weighted by atomic mass is 10.2. The van der Waals surface area contributed by atoms with Gasteiger partial charge in [0.1, 0.15) is 6.04 Å². The van der Waals surface area contributed by atoms with Gasteiger partial charge < -0.3 is 5.32 Å². The van der Waals surface area contributed by atoms with Crippen LogP contribution in [0.3, 0.4) is 0 Å². The van der Waals surface area contributed by atoms with Crippen LogP contribution < -0.4 is 5.32 Å². The predicted octanol–water partition coefficient (Wildman–Crippen LogP) is 2.43. The number of pyridine rings is 1. The average Bonchev–Trinajstić information content (AvgIpc) is 3.25. The molecule has 1 saturated heterocycles. The summed E-state index contributed by atoms with van der Waals surface area (Å²) in [6.07, 6.45) is 6.44. The number of rotatable bonds is 4. The summed E-state index contributed by atoms with van der Waals surface area (Å²) < 4.78 is 28.6. The number of hydrogen-bond donors (Lipinski definition) is 1. The highest BCUT2D eigenvalue weighted by Gasteiger charge is 2.41. The lowest BCUT2D eigenvalue weighted by molar-refractivity contribution is -0.124. The van der Waals surface area contributed by atoms with Gasteiger partial charge in [0.15, 0.2) is 0 Å². The Balaban J connectivity index is 1.75. The van der Waals surface area contributed by atoms with E-state index in [0.29, 0.717) is 29.2 Å². The fourth-order valence-electron chi connectivity index (χ4n) is 3.32. The van der Waals surface area contributed by atoms with E-state index in [1.165, 1.54) is 4.31 Å². The third-order valence-corrected chi connectivity index (χ3v) is 7.27. The molecule has 0 radical (unpaired) electrons. The molecule has 0 bridgehead atoms. The molecule has 2 aliphatic rings. The molecular weight excluding hydrogens is 406 g/mol. The van der Waals surface area contributed by atoms with Crippen molar-refractivity contribution in [2.45, 2.75) is 42.7 Å². The summed E-state index contributed by atoms with van der Waals surface area (Å²) in [5.74, 6) is -0.176. The van der Waals surface area contributed by atoms with Gasteiger partial charge in [-0.05, 0) is 47.7 Å². The lowest BCUT2D eigenvalue weighted by Gasteiger charge is -2.24. The van der Waals surface area contributed by atoms with E-state index in [1.807, 2.05) is 6.07 Å². The number of carbonyl (C=O) groups is 1. The zero-order valence-electron chi connectivity index (χ0n) is 13.5. The van der Waals surface area contributed by atoms with Crippen LogP contribution in [0.5, 0.6) is 0 Å². The van der Waals surface area contributed by atoms with Crippen LogP contribution in [0.25, 0.3) is 10.8 Å². The Labute approximate surface area is 154 Å². The molecule has 2 fully saturated rings. The maximum atomic E-state index is 13.3. The third kappa shape index (κ3) is 3.07. The molecule has 1 atom stereocenters. The predicted molar refractivity (Wildman–Crippen MR) is 97.5 cm³/mol. The first-order valence-corrected chi connectivity index (χ1v) is 10.6. The molecule has 4 rings (SSSR count). The molecule has 1 N–H and O–H groups in total. The largest absolute Gasteiger partial charge is 0.352 e. The van der Waals surface area contributed by atoms with Crippen LogP contribution in [0.15, 0.2) is 40.0 Å². The molecule has 1 aliphatic carbocycles. The fraction of sp³-hybridized carbons (Fsp3) is 0.412. The van der Waals surface area contributed by atoms with Crippen LogP contribution in [-0.2, 0) is 14.8 Å². The van der Waals surface area contributed by atoms with Crippen molar-refractivity contribution >= 4 is 42.6 Å². The first kappa shape index (κ1) is 16.9. The monoisotopic (exact) mass is 423 g/mol. The van der Waals surface area contributed by atoms with Gasteiger partial charge in [-0.2, -0.15) is 4.31 Å². The number of fused-ring (bicyclic) bond motifs is 1. The first-order chi connectivity index (χ1) is 12.0. The number of nitrogens with zero attached hydrogens (tertiary/aromatic N) is 2. The number of hydrogen-bond acceptors (Lipinski definition) is 4. The van der Waals surface area contributed by atoms with Gasteiger partial charge in [-0.25, -0.2) is 8.42 Å². The molecule has 1 amide bonds. The Morgan fingerprint density at radius 2 is 2.04 bits per heavy atom. The maximum absolute atomic E-state index is 13.3. The maximum Gasteiger partial charge on any atom is 0.244 e. The summed E-state index contributed by atoms with van der Waals surface area (Å²) in [6, 6.07) is 4.72. The molecule has 0 spiro atoms. The Bertz CT molecular complexity index is 938. The second-order valence-corrected chi connectivity index (χ2v) is 9.25. The number of carbonyl (C=O) groups excluding carboxylic acids is 1. The number of sulfonamides is 1. The van der Waals surface area contributed by atoms with E-state index >= 15 is 0 Å². The summed E-state index contributed by atoms with van der Waals surface area (Å²) in [4.78, 5) is 16.8. The van der Waals surface area contributed by atoms with Gasteiger partial charge in [0.2, 0.25) is 15.9 Å². The number of aromatic nitrogens is 1. The van der Waals surface area contributed by atoms with Crippen molar-refractivity contribution in [3.05, 3.63) is 35.1 Å². The van der Waals surface area contributed by atoms with Gasteiger partial charge in [0.25, 0.3) is 0 Å². The summed E-state index contributed by atoms with van der Waals surface area (Å²) in [7, 11) is -3.78. The van der Waals surface area contributed by atoms with Crippen LogP contribution in [0, 0.1) is 0 Å². The smallest absolute Gasteiger partial charge is 0.244 e. The van der Waals surface area contributed by atoms with E-state index < -0.39 is 16.1 Å². The van der Waals surface area contributed by atoms with Crippen molar-refractivity contribution in [1.29, 1.82) is 0 Å². The van der Waals surface area contributed by atoms with Crippen molar-refractivity contribution in [3.63, 3.8) is 0 Å². The van der Waals surface area contributed by atoms with Gasteiger partial charge in [0, 0.05) is 40.2 Å². The van der Waals surface area contributed by atoms with Crippen molar-refractivity contribution in [2.75, 3.05) is 6.54 Å². The normalized spacial score (nSPS) is 21.6. The molecule has 2 aromatic rings. The Kier molecular flexibility index (Phi) is 4.29.